The second-order valence-corrected chi connectivity index (χ2v) is 5.08. The van der Waals surface area contributed by atoms with Crippen LogP contribution in [0.4, 0.5) is 0 Å². The Morgan fingerprint density at radius 3 is 3.24 bits per heavy atom. The highest BCUT2D eigenvalue weighted by molar-refractivity contribution is 5.84. The zero-order valence-corrected chi connectivity index (χ0v) is 10.4. The highest BCUT2D eigenvalue weighted by Crippen LogP contribution is 2.24. The number of aliphatic imine (C=N–C) groups is 1. The highest BCUT2D eigenvalue weighted by atomic mass is 15.1. The largest absolute Gasteiger partial charge is 0.372 e. The van der Waals surface area contributed by atoms with Crippen molar-refractivity contribution in [3.63, 3.8) is 0 Å². The summed E-state index contributed by atoms with van der Waals surface area (Å²) < 4.78 is 2.42. The lowest BCUT2D eigenvalue weighted by Gasteiger charge is -2.19. The van der Waals surface area contributed by atoms with Crippen molar-refractivity contribution in [1.82, 2.24) is 14.9 Å². The number of imidazole rings is 1. The van der Waals surface area contributed by atoms with Crippen LogP contribution in [-0.2, 0) is 13.0 Å². The number of amidine groups is 1. The fourth-order valence-electron chi connectivity index (χ4n) is 2.82. The Hall–Kier alpha value is -1.32. The summed E-state index contributed by atoms with van der Waals surface area (Å²) in [5.41, 5.74) is 1.42. The van der Waals surface area contributed by atoms with E-state index in [9.17, 15) is 0 Å². The van der Waals surface area contributed by atoms with Gasteiger partial charge in [0.2, 0.25) is 0 Å². The molecule has 0 radical (unpaired) electrons. The summed E-state index contributed by atoms with van der Waals surface area (Å²) in [5.74, 6) is 2.87. The number of rotatable bonds is 3. The molecule has 0 saturated heterocycles. The number of hydrogen-bond acceptors (Lipinski definition) is 3. The summed E-state index contributed by atoms with van der Waals surface area (Å²) in [6.45, 7) is 5.34. The van der Waals surface area contributed by atoms with Gasteiger partial charge in [-0.3, -0.25) is 4.99 Å². The van der Waals surface area contributed by atoms with Crippen molar-refractivity contribution in [2.75, 3.05) is 13.1 Å². The van der Waals surface area contributed by atoms with Crippen molar-refractivity contribution in [3.05, 3.63) is 17.7 Å². The molecule has 0 amide bonds. The molecule has 0 fully saturated rings. The Bertz CT molecular complexity index is 433. The average Bonchev–Trinajstić information content (AvgIpc) is 2.96. The molecule has 17 heavy (non-hydrogen) atoms. The molecule has 2 aliphatic heterocycles. The van der Waals surface area contributed by atoms with Crippen LogP contribution >= 0.6 is 0 Å². The number of fused-ring (bicyclic) bond motifs is 1. The first kappa shape index (κ1) is 10.8. The summed E-state index contributed by atoms with van der Waals surface area (Å²) in [6.07, 6.45) is 6.86. The third-order valence-corrected chi connectivity index (χ3v) is 3.72. The first-order valence-corrected chi connectivity index (χ1v) is 6.66. The minimum absolute atomic E-state index is 0.464. The van der Waals surface area contributed by atoms with E-state index in [1.807, 2.05) is 0 Å². The van der Waals surface area contributed by atoms with E-state index >= 15 is 0 Å². The maximum Gasteiger partial charge on any atom is 0.112 e. The third-order valence-electron chi connectivity index (χ3n) is 3.72. The lowest BCUT2D eigenvalue weighted by Crippen LogP contribution is -2.22. The lowest BCUT2D eigenvalue weighted by molar-refractivity contribution is 0.500. The predicted octanol–water partition coefficient (Wildman–Crippen LogP) is 1.71. The average molecular weight is 232 g/mol. The molecule has 1 aromatic heterocycles. The fraction of sp³-hybridized carbons (Fsp3) is 0.692. The van der Waals surface area contributed by atoms with Crippen LogP contribution in [0.3, 0.4) is 0 Å². The van der Waals surface area contributed by atoms with Crippen LogP contribution in [-0.4, -0.2) is 28.5 Å². The van der Waals surface area contributed by atoms with Crippen LogP contribution in [0.15, 0.2) is 11.2 Å². The molecule has 0 spiro atoms. The van der Waals surface area contributed by atoms with Gasteiger partial charge in [-0.05, 0) is 19.3 Å². The Morgan fingerprint density at radius 2 is 2.41 bits per heavy atom. The second kappa shape index (κ2) is 4.51. The Kier molecular flexibility index (Phi) is 2.87. The SMILES string of the molecule is CC(CC1=NCCN1)c1ncc2n1CCCC2. The fourth-order valence-corrected chi connectivity index (χ4v) is 2.82. The number of hydrogen-bond donors (Lipinski definition) is 1. The van der Waals surface area contributed by atoms with Crippen LogP contribution in [0.25, 0.3) is 0 Å². The summed E-state index contributed by atoms with van der Waals surface area (Å²) in [6, 6.07) is 0. The Labute approximate surface area is 102 Å². The molecular weight excluding hydrogens is 212 g/mol. The van der Waals surface area contributed by atoms with Gasteiger partial charge in [0, 0.05) is 37.3 Å². The van der Waals surface area contributed by atoms with Gasteiger partial charge in [-0.15, -0.1) is 0 Å². The molecular formula is C13H20N4. The number of nitrogens with zero attached hydrogens (tertiary/aromatic N) is 3. The molecule has 2 aliphatic rings. The standard InChI is InChI=1S/C13H20N4/c1-10(8-12-14-5-6-15-12)13-16-9-11-4-2-3-7-17(11)13/h9-10H,2-8H2,1H3,(H,14,15). The van der Waals surface area contributed by atoms with Crippen LogP contribution in [0, 0.1) is 0 Å². The normalized spacial score (nSPS) is 20.6. The van der Waals surface area contributed by atoms with Gasteiger partial charge in [-0.25, -0.2) is 4.98 Å². The van der Waals surface area contributed by atoms with Crippen LogP contribution in [0.1, 0.15) is 43.6 Å². The zero-order valence-electron chi connectivity index (χ0n) is 10.4. The molecule has 3 heterocycles. The lowest BCUT2D eigenvalue weighted by atomic mass is 10.1. The monoisotopic (exact) mass is 232 g/mol. The van der Waals surface area contributed by atoms with Crippen molar-refractivity contribution in [1.29, 1.82) is 0 Å². The molecule has 4 nitrogen and oxygen atoms in total. The van der Waals surface area contributed by atoms with Gasteiger partial charge < -0.3 is 9.88 Å². The third kappa shape index (κ3) is 2.08. The van der Waals surface area contributed by atoms with Gasteiger partial charge in [0.25, 0.3) is 0 Å². The maximum atomic E-state index is 4.62. The van der Waals surface area contributed by atoms with E-state index in [1.165, 1.54) is 30.8 Å². The smallest absolute Gasteiger partial charge is 0.112 e. The van der Waals surface area contributed by atoms with Crippen LogP contribution < -0.4 is 5.32 Å². The van der Waals surface area contributed by atoms with Crippen molar-refractivity contribution in [2.24, 2.45) is 4.99 Å². The molecule has 1 N–H and O–H groups in total. The van der Waals surface area contributed by atoms with E-state index < -0.39 is 0 Å². The molecule has 0 saturated carbocycles. The van der Waals surface area contributed by atoms with E-state index in [4.69, 9.17) is 0 Å². The first-order valence-electron chi connectivity index (χ1n) is 6.66. The van der Waals surface area contributed by atoms with Crippen molar-refractivity contribution >= 4 is 5.84 Å². The van der Waals surface area contributed by atoms with E-state index in [1.54, 1.807) is 0 Å². The predicted molar refractivity (Wildman–Crippen MR) is 68.5 cm³/mol. The van der Waals surface area contributed by atoms with Crippen molar-refractivity contribution < 1.29 is 0 Å². The van der Waals surface area contributed by atoms with Crippen LogP contribution in [0.5, 0.6) is 0 Å². The minimum Gasteiger partial charge on any atom is -0.372 e. The van der Waals surface area contributed by atoms with Gasteiger partial charge in [0.05, 0.1) is 12.4 Å². The molecule has 3 rings (SSSR count). The molecule has 4 heteroatoms. The molecule has 1 atom stereocenters. The number of aryl methyl sites for hydroxylation is 1. The maximum absolute atomic E-state index is 4.62. The quantitative estimate of drug-likeness (QED) is 0.862. The van der Waals surface area contributed by atoms with E-state index in [0.717, 1.165) is 31.9 Å². The second-order valence-electron chi connectivity index (χ2n) is 5.08. The number of aromatic nitrogens is 2. The molecule has 1 aromatic rings. The topological polar surface area (TPSA) is 42.2 Å². The Morgan fingerprint density at radius 1 is 1.47 bits per heavy atom. The summed E-state index contributed by atoms with van der Waals surface area (Å²) in [7, 11) is 0. The first-order chi connectivity index (χ1) is 8.34. The van der Waals surface area contributed by atoms with Crippen molar-refractivity contribution in [3.8, 4) is 0 Å². The van der Waals surface area contributed by atoms with Crippen LogP contribution in [0.2, 0.25) is 0 Å². The van der Waals surface area contributed by atoms with E-state index in [0.29, 0.717) is 5.92 Å². The van der Waals surface area contributed by atoms with E-state index in [2.05, 4.69) is 33.0 Å². The molecule has 0 aliphatic carbocycles. The van der Waals surface area contributed by atoms with Gasteiger partial charge in [0.1, 0.15) is 5.82 Å². The number of nitrogens with one attached hydrogen (secondary N) is 1. The van der Waals surface area contributed by atoms with Gasteiger partial charge >= 0.3 is 0 Å². The molecule has 0 bridgehead atoms. The highest BCUT2D eigenvalue weighted by Gasteiger charge is 2.20. The minimum atomic E-state index is 0.464. The zero-order chi connectivity index (χ0) is 11.7. The van der Waals surface area contributed by atoms with Crippen molar-refractivity contribution in [2.45, 2.75) is 45.1 Å². The molecule has 1 unspecified atom stereocenters. The molecule has 0 aromatic carbocycles. The van der Waals surface area contributed by atoms with Gasteiger partial charge in [0.15, 0.2) is 0 Å². The Balaban J connectivity index is 1.76. The summed E-state index contributed by atoms with van der Waals surface area (Å²) in [5, 5.41) is 3.34. The summed E-state index contributed by atoms with van der Waals surface area (Å²) >= 11 is 0. The molecule has 92 valence electrons. The van der Waals surface area contributed by atoms with E-state index in [-0.39, 0.29) is 0 Å². The van der Waals surface area contributed by atoms with Gasteiger partial charge in [-0.1, -0.05) is 6.92 Å². The van der Waals surface area contributed by atoms with Gasteiger partial charge in [-0.2, -0.15) is 0 Å². The summed E-state index contributed by atoms with van der Waals surface area (Å²) in [4.78, 5) is 9.09.